The molecule has 0 radical (unpaired) electrons. The third-order valence-electron chi connectivity index (χ3n) is 2.19. The third-order valence-corrected chi connectivity index (χ3v) is 3.19. The van der Waals surface area contributed by atoms with Gasteiger partial charge in [0.05, 0.1) is 0 Å². The van der Waals surface area contributed by atoms with E-state index in [9.17, 15) is 0 Å². The van der Waals surface area contributed by atoms with Crippen LogP contribution in [0.5, 0.6) is 0 Å². The molecule has 0 N–H and O–H groups in total. The van der Waals surface area contributed by atoms with E-state index in [1.54, 1.807) is 0 Å². The summed E-state index contributed by atoms with van der Waals surface area (Å²) >= 11 is 1.86. The molecule has 2 rings (SSSR count). The largest absolute Gasteiger partial charge is 0.144 e. The molecule has 1 aromatic carbocycles. The van der Waals surface area contributed by atoms with Crippen molar-refractivity contribution in [3.05, 3.63) is 35.2 Å². The molecule has 0 saturated heterocycles. The van der Waals surface area contributed by atoms with Crippen molar-refractivity contribution >= 4 is 21.4 Å². The lowest BCUT2D eigenvalue weighted by atomic mass is 10.0. The first-order valence-electron chi connectivity index (χ1n) is 4.72. The minimum Gasteiger partial charge on any atom is -0.144 e. The van der Waals surface area contributed by atoms with Gasteiger partial charge in [0.15, 0.2) is 0 Å². The van der Waals surface area contributed by atoms with Gasteiger partial charge in [-0.3, -0.25) is 0 Å². The zero-order valence-electron chi connectivity index (χ0n) is 8.08. The molecule has 68 valence electrons. The van der Waals surface area contributed by atoms with Crippen molar-refractivity contribution in [3.8, 4) is 0 Å². The highest BCUT2D eigenvalue weighted by Crippen LogP contribution is 2.26. The molecule has 0 nitrogen and oxygen atoms in total. The van der Waals surface area contributed by atoms with Crippen molar-refractivity contribution in [3.63, 3.8) is 0 Å². The van der Waals surface area contributed by atoms with Crippen molar-refractivity contribution < 1.29 is 0 Å². The Kier molecular flexibility index (Phi) is 2.36. The molecular weight excluding hydrogens is 176 g/mol. The molecule has 0 aliphatic rings. The highest BCUT2D eigenvalue weighted by Gasteiger charge is 2.03. The SMILES string of the molecule is CC(C)Cc1cccc2ccsc12. The van der Waals surface area contributed by atoms with Crippen LogP contribution in [-0.4, -0.2) is 0 Å². The predicted octanol–water partition coefficient (Wildman–Crippen LogP) is 4.10. The zero-order chi connectivity index (χ0) is 9.26. The van der Waals surface area contributed by atoms with Gasteiger partial charge in [-0.05, 0) is 34.7 Å². The third kappa shape index (κ3) is 1.75. The van der Waals surface area contributed by atoms with Gasteiger partial charge in [-0.15, -0.1) is 11.3 Å². The van der Waals surface area contributed by atoms with E-state index in [4.69, 9.17) is 0 Å². The topological polar surface area (TPSA) is 0 Å². The van der Waals surface area contributed by atoms with Gasteiger partial charge in [0, 0.05) is 4.70 Å². The lowest BCUT2D eigenvalue weighted by Gasteiger charge is -2.05. The molecule has 1 heterocycles. The van der Waals surface area contributed by atoms with Gasteiger partial charge in [-0.25, -0.2) is 0 Å². The van der Waals surface area contributed by atoms with E-state index >= 15 is 0 Å². The van der Waals surface area contributed by atoms with Crippen LogP contribution < -0.4 is 0 Å². The summed E-state index contributed by atoms with van der Waals surface area (Å²) in [6.07, 6.45) is 1.19. The summed E-state index contributed by atoms with van der Waals surface area (Å²) in [4.78, 5) is 0. The molecule has 13 heavy (non-hydrogen) atoms. The Labute approximate surface area is 83.2 Å². The first-order valence-corrected chi connectivity index (χ1v) is 5.60. The second-order valence-electron chi connectivity index (χ2n) is 3.85. The van der Waals surface area contributed by atoms with E-state index in [1.807, 2.05) is 11.3 Å². The maximum atomic E-state index is 2.27. The molecule has 0 bridgehead atoms. The highest BCUT2D eigenvalue weighted by atomic mass is 32.1. The average Bonchev–Trinajstić information content (AvgIpc) is 2.51. The summed E-state index contributed by atoms with van der Waals surface area (Å²) in [6.45, 7) is 4.54. The molecule has 0 aliphatic heterocycles. The van der Waals surface area contributed by atoms with E-state index in [-0.39, 0.29) is 0 Å². The first-order chi connectivity index (χ1) is 6.27. The van der Waals surface area contributed by atoms with Gasteiger partial charge in [0.2, 0.25) is 0 Å². The van der Waals surface area contributed by atoms with Crippen LogP contribution in [0.15, 0.2) is 29.6 Å². The molecule has 1 aromatic heterocycles. The van der Waals surface area contributed by atoms with Crippen LogP contribution in [0.3, 0.4) is 0 Å². The second kappa shape index (κ2) is 3.51. The molecular formula is C12H14S. The Balaban J connectivity index is 2.48. The molecule has 0 fully saturated rings. The van der Waals surface area contributed by atoms with Crippen LogP contribution in [0.2, 0.25) is 0 Å². The van der Waals surface area contributed by atoms with E-state index < -0.39 is 0 Å². The Morgan fingerprint density at radius 2 is 2.08 bits per heavy atom. The van der Waals surface area contributed by atoms with Gasteiger partial charge < -0.3 is 0 Å². The number of hydrogen-bond acceptors (Lipinski definition) is 1. The molecule has 0 unspecified atom stereocenters. The monoisotopic (exact) mass is 190 g/mol. The summed E-state index contributed by atoms with van der Waals surface area (Å²) in [5.41, 5.74) is 1.50. The second-order valence-corrected chi connectivity index (χ2v) is 4.77. The average molecular weight is 190 g/mol. The van der Waals surface area contributed by atoms with Gasteiger partial charge in [-0.2, -0.15) is 0 Å². The van der Waals surface area contributed by atoms with E-state index in [0.717, 1.165) is 5.92 Å². The van der Waals surface area contributed by atoms with Crippen molar-refractivity contribution in [2.24, 2.45) is 5.92 Å². The van der Waals surface area contributed by atoms with Crippen molar-refractivity contribution in [2.45, 2.75) is 20.3 Å². The molecule has 0 aliphatic carbocycles. The van der Waals surface area contributed by atoms with Crippen LogP contribution in [-0.2, 0) is 6.42 Å². The maximum absolute atomic E-state index is 2.27. The number of benzene rings is 1. The Hall–Kier alpha value is -0.820. The lowest BCUT2D eigenvalue weighted by molar-refractivity contribution is 0.650. The lowest BCUT2D eigenvalue weighted by Crippen LogP contribution is -1.93. The number of fused-ring (bicyclic) bond motifs is 1. The first kappa shape index (κ1) is 8.76. The summed E-state index contributed by atoms with van der Waals surface area (Å²) in [6, 6.07) is 8.80. The number of rotatable bonds is 2. The molecule has 1 heteroatoms. The fraction of sp³-hybridized carbons (Fsp3) is 0.333. The van der Waals surface area contributed by atoms with Crippen LogP contribution in [0.4, 0.5) is 0 Å². The zero-order valence-corrected chi connectivity index (χ0v) is 8.90. The quantitative estimate of drug-likeness (QED) is 0.669. The molecule has 0 atom stereocenters. The predicted molar refractivity (Wildman–Crippen MR) is 60.4 cm³/mol. The summed E-state index contributed by atoms with van der Waals surface area (Å²) in [5.74, 6) is 0.743. The van der Waals surface area contributed by atoms with Crippen LogP contribution in [0.1, 0.15) is 19.4 Å². The van der Waals surface area contributed by atoms with Gasteiger partial charge in [0.1, 0.15) is 0 Å². The Morgan fingerprint density at radius 1 is 1.23 bits per heavy atom. The number of thiophene rings is 1. The normalized spacial score (nSPS) is 11.3. The molecule has 0 amide bonds. The summed E-state index contributed by atoms with van der Waals surface area (Å²) in [7, 11) is 0. The minimum atomic E-state index is 0.743. The smallest absolute Gasteiger partial charge is 0.0374 e. The standard InChI is InChI=1S/C12H14S/c1-9(2)8-11-5-3-4-10-6-7-13-12(10)11/h3-7,9H,8H2,1-2H3. The Bertz CT molecular complexity index is 398. The summed E-state index contributed by atoms with van der Waals surface area (Å²) in [5, 5.41) is 3.57. The fourth-order valence-corrected chi connectivity index (χ4v) is 2.58. The van der Waals surface area contributed by atoms with E-state index in [1.165, 1.54) is 22.1 Å². The molecule has 2 aromatic rings. The summed E-state index contributed by atoms with van der Waals surface area (Å²) < 4.78 is 1.47. The van der Waals surface area contributed by atoms with Crippen LogP contribution >= 0.6 is 11.3 Å². The van der Waals surface area contributed by atoms with Crippen molar-refractivity contribution in [2.75, 3.05) is 0 Å². The van der Waals surface area contributed by atoms with Crippen LogP contribution in [0.25, 0.3) is 10.1 Å². The maximum Gasteiger partial charge on any atom is 0.0374 e. The van der Waals surface area contributed by atoms with E-state index in [2.05, 4.69) is 43.5 Å². The molecule has 0 spiro atoms. The van der Waals surface area contributed by atoms with Gasteiger partial charge in [-0.1, -0.05) is 32.0 Å². The van der Waals surface area contributed by atoms with Gasteiger partial charge >= 0.3 is 0 Å². The minimum absolute atomic E-state index is 0.743. The van der Waals surface area contributed by atoms with Gasteiger partial charge in [0.25, 0.3) is 0 Å². The molecule has 0 saturated carbocycles. The fourth-order valence-electron chi connectivity index (χ4n) is 1.66. The van der Waals surface area contributed by atoms with Crippen molar-refractivity contribution in [1.82, 2.24) is 0 Å². The van der Waals surface area contributed by atoms with E-state index in [0.29, 0.717) is 0 Å². The van der Waals surface area contributed by atoms with Crippen LogP contribution in [0, 0.1) is 5.92 Å². The number of hydrogen-bond donors (Lipinski definition) is 0. The highest BCUT2D eigenvalue weighted by molar-refractivity contribution is 7.17. The van der Waals surface area contributed by atoms with Crippen molar-refractivity contribution in [1.29, 1.82) is 0 Å². The Morgan fingerprint density at radius 3 is 2.85 bits per heavy atom.